The smallest absolute Gasteiger partial charge is 0.254 e. The van der Waals surface area contributed by atoms with Crippen LogP contribution < -0.4 is 5.32 Å². The number of hydrogen-bond acceptors (Lipinski definition) is 5. The van der Waals surface area contributed by atoms with Crippen LogP contribution in [0.25, 0.3) is 22.2 Å². The molecule has 0 unspecified atom stereocenters. The summed E-state index contributed by atoms with van der Waals surface area (Å²) in [7, 11) is 0. The number of fused-ring (bicyclic) bond motifs is 1. The van der Waals surface area contributed by atoms with Crippen molar-refractivity contribution < 1.29 is 9.53 Å². The second-order valence-corrected chi connectivity index (χ2v) is 8.45. The highest BCUT2D eigenvalue weighted by molar-refractivity contribution is 9.10. The molecule has 0 spiro atoms. The molecule has 160 valence electrons. The first-order valence-electron chi connectivity index (χ1n) is 10.4. The lowest BCUT2D eigenvalue weighted by molar-refractivity contribution is 0.0303. The standard InChI is InChI=1S/C25H21BrN4O2/c26-19-9-10-22-21(16-19)23(17-5-2-1-3-6-17)29-25(28-22)27-20-8-4-7-18(15-20)24(31)30-11-13-32-14-12-30/h1-10,15-16H,11-14H2,(H,27,28,29). The number of ether oxygens (including phenoxy) is 1. The molecule has 1 amide bonds. The average molecular weight is 489 g/mol. The normalized spacial score (nSPS) is 13.8. The lowest BCUT2D eigenvalue weighted by atomic mass is 10.1. The molecule has 1 fully saturated rings. The Morgan fingerprint density at radius 1 is 0.938 bits per heavy atom. The molecule has 4 aromatic rings. The van der Waals surface area contributed by atoms with E-state index in [2.05, 4.69) is 21.2 Å². The van der Waals surface area contributed by atoms with Gasteiger partial charge in [0, 0.05) is 39.8 Å². The van der Waals surface area contributed by atoms with Gasteiger partial charge in [-0.2, -0.15) is 0 Å². The number of amides is 1. The quantitative estimate of drug-likeness (QED) is 0.423. The molecule has 0 saturated carbocycles. The SMILES string of the molecule is O=C(c1cccc(Nc2nc(-c3ccccc3)c3cc(Br)ccc3n2)c1)N1CCOCC1. The minimum absolute atomic E-state index is 0.00575. The highest BCUT2D eigenvalue weighted by Gasteiger charge is 2.19. The molecule has 1 saturated heterocycles. The fraction of sp³-hybridized carbons (Fsp3) is 0.160. The average Bonchev–Trinajstić information content (AvgIpc) is 2.84. The number of hydrogen-bond donors (Lipinski definition) is 1. The fourth-order valence-electron chi connectivity index (χ4n) is 3.78. The van der Waals surface area contributed by atoms with E-state index in [0.717, 1.165) is 32.3 Å². The van der Waals surface area contributed by atoms with Crippen molar-refractivity contribution in [1.82, 2.24) is 14.9 Å². The first-order valence-corrected chi connectivity index (χ1v) is 11.2. The van der Waals surface area contributed by atoms with E-state index in [0.29, 0.717) is 37.8 Å². The van der Waals surface area contributed by atoms with Gasteiger partial charge in [-0.05, 0) is 36.4 Å². The van der Waals surface area contributed by atoms with Crippen LogP contribution in [0, 0.1) is 0 Å². The lowest BCUT2D eigenvalue weighted by Crippen LogP contribution is -2.40. The van der Waals surface area contributed by atoms with Crippen molar-refractivity contribution in [3.8, 4) is 11.3 Å². The number of morpholine rings is 1. The third-order valence-corrected chi connectivity index (χ3v) is 5.86. The fourth-order valence-corrected chi connectivity index (χ4v) is 4.14. The van der Waals surface area contributed by atoms with Crippen LogP contribution in [-0.2, 0) is 4.74 Å². The van der Waals surface area contributed by atoms with Crippen LogP contribution in [-0.4, -0.2) is 47.1 Å². The van der Waals surface area contributed by atoms with Gasteiger partial charge in [0.05, 0.1) is 24.4 Å². The Balaban J connectivity index is 1.49. The molecule has 1 aliphatic heterocycles. The van der Waals surface area contributed by atoms with Crippen LogP contribution in [0.3, 0.4) is 0 Å². The number of carbonyl (C=O) groups excluding carboxylic acids is 1. The van der Waals surface area contributed by atoms with E-state index >= 15 is 0 Å². The second-order valence-electron chi connectivity index (χ2n) is 7.53. The number of nitrogens with zero attached hydrogens (tertiary/aromatic N) is 3. The highest BCUT2D eigenvalue weighted by Crippen LogP contribution is 2.30. The number of aromatic nitrogens is 2. The highest BCUT2D eigenvalue weighted by atomic mass is 79.9. The predicted molar refractivity (Wildman–Crippen MR) is 129 cm³/mol. The zero-order chi connectivity index (χ0) is 21.9. The maximum absolute atomic E-state index is 12.9. The summed E-state index contributed by atoms with van der Waals surface area (Å²) in [4.78, 5) is 24.2. The van der Waals surface area contributed by atoms with Crippen molar-refractivity contribution in [2.75, 3.05) is 31.6 Å². The van der Waals surface area contributed by atoms with Gasteiger partial charge in [-0.1, -0.05) is 52.3 Å². The maximum atomic E-state index is 12.9. The minimum Gasteiger partial charge on any atom is -0.378 e. The zero-order valence-electron chi connectivity index (χ0n) is 17.3. The molecule has 7 heteroatoms. The Bertz CT molecular complexity index is 1270. The summed E-state index contributed by atoms with van der Waals surface area (Å²) in [5.41, 5.74) is 4.09. The van der Waals surface area contributed by atoms with Crippen LogP contribution in [0.15, 0.2) is 77.3 Å². The van der Waals surface area contributed by atoms with E-state index in [1.165, 1.54) is 0 Å². The first-order chi connectivity index (χ1) is 15.7. The predicted octanol–water partition coefficient (Wildman–Crippen LogP) is 5.28. The molecule has 3 aromatic carbocycles. The lowest BCUT2D eigenvalue weighted by Gasteiger charge is -2.27. The Morgan fingerprint density at radius 3 is 2.56 bits per heavy atom. The third kappa shape index (κ3) is 4.35. The van der Waals surface area contributed by atoms with Gasteiger partial charge in [0.25, 0.3) is 5.91 Å². The van der Waals surface area contributed by atoms with E-state index in [1.807, 2.05) is 77.7 Å². The maximum Gasteiger partial charge on any atom is 0.254 e. The Kier molecular flexibility index (Phi) is 5.83. The number of nitrogens with one attached hydrogen (secondary N) is 1. The topological polar surface area (TPSA) is 67.4 Å². The van der Waals surface area contributed by atoms with Crippen molar-refractivity contribution in [3.05, 3.63) is 82.8 Å². The van der Waals surface area contributed by atoms with Crippen molar-refractivity contribution >= 4 is 44.4 Å². The van der Waals surface area contributed by atoms with Gasteiger partial charge >= 0.3 is 0 Å². The van der Waals surface area contributed by atoms with Crippen molar-refractivity contribution in [3.63, 3.8) is 0 Å². The molecule has 0 atom stereocenters. The molecule has 1 N–H and O–H groups in total. The van der Waals surface area contributed by atoms with Crippen LogP contribution in [0.4, 0.5) is 11.6 Å². The molecule has 32 heavy (non-hydrogen) atoms. The molecule has 6 nitrogen and oxygen atoms in total. The van der Waals surface area contributed by atoms with Crippen LogP contribution in [0.5, 0.6) is 0 Å². The van der Waals surface area contributed by atoms with Crippen molar-refractivity contribution in [2.45, 2.75) is 0 Å². The summed E-state index contributed by atoms with van der Waals surface area (Å²) in [6.07, 6.45) is 0. The van der Waals surface area contributed by atoms with E-state index < -0.39 is 0 Å². The Hall–Kier alpha value is -3.29. The summed E-state index contributed by atoms with van der Waals surface area (Å²) < 4.78 is 6.33. The van der Waals surface area contributed by atoms with Gasteiger partial charge in [-0.25, -0.2) is 9.97 Å². The van der Waals surface area contributed by atoms with E-state index in [1.54, 1.807) is 0 Å². The van der Waals surface area contributed by atoms with Gasteiger partial charge in [-0.3, -0.25) is 4.79 Å². The molecule has 1 aliphatic rings. The van der Waals surface area contributed by atoms with E-state index in [4.69, 9.17) is 14.7 Å². The molecule has 2 heterocycles. The van der Waals surface area contributed by atoms with Crippen LogP contribution in [0.2, 0.25) is 0 Å². The molecule has 0 bridgehead atoms. The molecule has 0 aliphatic carbocycles. The summed E-state index contributed by atoms with van der Waals surface area (Å²) in [6.45, 7) is 2.38. The second kappa shape index (κ2) is 9.06. The van der Waals surface area contributed by atoms with E-state index in [9.17, 15) is 4.79 Å². The van der Waals surface area contributed by atoms with Gasteiger partial charge in [-0.15, -0.1) is 0 Å². The number of carbonyl (C=O) groups is 1. The molecule has 1 aromatic heterocycles. The number of anilines is 2. The summed E-state index contributed by atoms with van der Waals surface area (Å²) in [6, 6.07) is 23.5. The number of benzene rings is 3. The first kappa shape index (κ1) is 20.6. The summed E-state index contributed by atoms with van der Waals surface area (Å²) in [5, 5.41) is 4.25. The van der Waals surface area contributed by atoms with Crippen LogP contribution in [0.1, 0.15) is 10.4 Å². The molecular weight excluding hydrogens is 468 g/mol. The zero-order valence-corrected chi connectivity index (χ0v) is 18.9. The van der Waals surface area contributed by atoms with Crippen molar-refractivity contribution in [1.29, 1.82) is 0 Å². The van der Waals surface area contributed by atoms with Gasteiger partial charge < -0.3 is 15.0 Å². The number of rotatable bonds is 4. The van der Waals surface area contributed by atoms with Crippen molar-refractivity contribution in [2.24, 2.45) is 0 Å². The van der Waals surface area contributed by atoms with Crippen LogP contribution >= 0.6 is 15.9 Å². The summed E-state index contributed by atoms with van der Waals surface area (Å²) in [5.74, 6) is 0.487. The van der Waals surface area contributed by atoms with E-state index in [-0.39, 0.29) is 5.91 Å². The largest absolute Gasteiger partial charge is 0.378 e. The van der Waals surface area contributed by atoms with Gasteiger partial charge in [0.2, 0.25) is 5.95 Å². The molecule has 0 radical (unpaired) electrons. The summed E-state index contributed by atoms with van der Waals surface area (Å²) >= 11 is 3.55. The minimum atomic E-state index is 0.00575. The Morgan fingerprint density at radius 2 is 1.75 bits per heavy atom. The molecular formula is C25H21BrN4O2. The monoisotopic (exact) mass is 488 g/mol. The van der Waals surface area contributed by atoms with Gasteiger partial charge in [0.1, 0.15) is 0 Å². The Labute approximate surface area is 194 Å². The van der Waals surface area contributed by atoms with Gasteiger partial charge in [0.15, 0.2) is 0 Å². The number of halogens is 1. The molecule has 5 rings (SSSR count). The third-order valence-electron chi connectivity index (χ3n) is 5.37.